The van der Waals surface area contributed by atoms with Crippen LogP contribution in [-0.4, -0.2) is 11.8 Å². The highest BCUT2D eigenvalue weighted by atomic mass is 79.9. The monoisotopic (exact) mass is 325 g/mol. The first kappa shape index (κ1) is 12.8. The molecule has 2 unspecified atom stereocenters. The minimum Gasteiger partial charge on any atom is -0.274 e. The molecule has 2 atom stereocenters. The SMILES string of the molecule is CC1CC2C(=O)N(c3ccc(F)cc3Br)C(=O)C2C1. The second-order valence-corrected chi connectivity index (χ2v) is 6.25. The summed E-state index contributed by atoms with van der Waals surface area (Å²) in [6, 6.07) is 4.00. The standard InChI is InChI=1S/C14H13BrFNO2/c1-7-4-9-10(5-7)14(19)17(13(9)18)12-3-2-8(16)6-11(12)15/h2-3,6-7,9-10H,4-5H2,1H3. The average Bonchev–Trinajstić information content (AvgIpc) is 2.82. The summed E-state index contributed by atoms with van der Waals surface area (Å²) in [5, 5.41) is 0. The molecule has 19 heavy (non-hydrogen) atoms. The van der Waals surface area contributed by atoms with E-state index in [1.807, 2.05) is 0 Å². The van der Waals surface area contributed by atoms with Crippen LogP contribution < -0.4 is 4.90 Å². The van der Waals surface area contributed by atoms with Gasteiger partial charge in [0.15, 0.2) is 0 Å². The molecule has 0 N–H and O–H groups in total. The number of carbonyl (C=O) groups excluding carboxylic acids is 2. The molecule has 1 aromatic rings. The fourth-order valence-electron chi connectivity index (χ4n) is 3.18. The number of halogens is 2. The number of hydrogen-bond donors (Lipinski definition) is 0. The number of anilines is 1. The largest absolute Gasteiger partial charge is 0.274 e. The van der Waals surface area contributed by atoms with Gasteiger partial charge in [0, 0.05) is 4.47 Å². The second-order valence-electron chi connectivity index (χ2n) is 5.40. The molecule has 2 fully saturated rings. The van der Waals surface area contributed by atoms with Gasteiger partial charge in [-0.1, -0.05) is 6.92 Å². The minimum atomic E-state index is -0.400. The molecule has 0 aromatic heterocycles. The Labute approximate surface area is 118 Å². The highest BCUT2D eigenvalue weighted by Gasteiger charge is 2.52. The van der Waals surface area contributed by atoms with Gasteiger partial charge in [0.05, 0.1) is 17.5 Å². The van der Waals surface area contributed by atoms with Crippen LogP contribution in [0.1, 0.15) is 19.8 Å². The molecule has 3 nitrogen and oxygen atoms in total. The first-order valence-corrected chi connectivity index (χ1v) is 7.11. The van der Waals surface area contributed by atoms with Crippen LogP contribution in [0.15, 0.2) is 22.7 Å². The summed E-state index contributed by atoms with van der Waals surface area (Å²) in [7, 11) is 0. The molecule has 2 aliphatic rings. The summed E-state index contributed by atoms with van der Waals surface area (Å²) < 4.78 is 13.5. The molecule has 1 aromatic carbocycles. The average molecular weight is 326 g/mol. The molecular weight excluding hydrogens is 313 g/mol. The Morgan fingerprint density at radius 3 is 2.32 bits per heavy atom. The zero-order chi connectivity index (χ0) is 13.7. The van der Waals surface area contributed by atoms with Crippen LogP contribution in [0, 0.1) is 23.6 Å². The predicted molar refractivity (Wildman–Crippen MR) is 72.0 cm³/mol. The van der Waals surface area contributed by atoms with Gasteiger partial charge in [0.25, 0.3) is 0 Å². The van der Waals surface area contributed by atoms with Gasteiger partial charge in [-0.15, -0.1) is 0 Å². The van der Waals surface area contributed by atoms with Crippen molar-refractivity contribution in [2.24, 2.45) is 17.8 Å². The molecular formula is C14H13BrFNO2. The van der Waals surface area contributed by atoms with Crippen molar-refractivity contribution in [3.63, 3.8) is 0 Å². The maximum absolute atomic E-state index is 13.1. The smallest absolute Gasteiger partial charge is 0.237 e. The first-order chi connectivity index (χ1) is 8.99. The third-order valence-electron chi connectivity index (χ3n) is 4.02. The lowest BCUT2D eigenvalue weighted by Crippen LogP contribution is -2.32. The van der Waals surface area contributed by atoms with Crippen molar-refractivity contribution in [1.29, 1.82) is 0 Å². The number of benzene rings is 1. The summed E-state index contributed by atoms with van der Waals surface area (Å²) >= 11 is 3.22. The van der Waals surface area contributed by atoms with Crippen molar-refractivity contribution in [2.75, 3.05) is 4.90 Å². The summed E-state index contributed by atoms with van der Waals surface area (Å²) in [6.07, 6.45) is 1.54. The highest BCUT2D eigenvalue weighted by Crippen LogP contribution is 2.45. The second kappa shape index (κ2) is 4.40. The number of carbonyl (C=O) groups is 2. The van der Waals surface area contributed by atoms with Crippen LogP contribution in [0.3, 0.4) is 0 Å². The zero-order valence-electron chi connectivity index (χ0n) is 10.4. The number of imide groups is 1. The Balaban J connectivity index is 1.99. The van der Waals surface area contributed by atoms with Crippen LogP contribution in [0.25, 0.3) is 0 Å². The van der Waals surface area contributed by atoms with Crippen molar-refractivity contribution < 1.29 is 14.0 Å². The fourth-order valence-corrected chi connectivity index (χ4v) is 3.71. The van der Waals surface area contributed by atoms with E-state index in [2.05, 4.69) is 22.9 Å². The van der Waals surface area contributed by atoms with E-state index in [0.29, 0.717) is 16.1 Å². The Hall–Kier alpha value is -1.23. The molecule has 0 bridgehead atoms. The molecule has 5 heteroatoms. The summed E-state index contributed by atoms with van der Waals surface area (Å²) in [4.78, 5) is 26.0. The number of amides is 2. The van der Waals surface area contributed by atoms with E-state index in [4.69, 9.17) is 0 Å². The van der Waals surface area contributed by atoms with Crippen LogP contribution >= 0.6 is 15.9 Å². The van der Waals surface area contributed by atoms with E-state index >= 15 is 0 Å². The van der Waals surface area contributed by atoms with Crippen LogP contribution in [0.2, 0.25) is 0 Å². The van der Waals surface area contributed by atoms with Gasteiger partial charge in [-0.25, -0.2) is 9.29 Å². The Morgan fingerprint density at radius 1 is 1.21 bits per heavy atom. The molecule has 1 heterocycles. The van der Waals surface area contributed by atoms with E-state index in [0.717, 1.165) is 12.8 Å². The van der Waals surface area contributed by atoms with Gasteiger partial charge in [-0.2, -0.15) is 0 Å². The van der Waals surface area contributed by atoms with Crippen molar-refractivity contribution in [2.45, 2.75) is 19.8 Å². The zero-order valence-corrected chi connectivity index (χ0v) is 12.0. The maximum atomic E-state index is 13.1. The third-order valence-corrected chi connectivity index (χ3v) is 4.66. The topological polar surface area (TPSA) is 37.4 Å². The Bertz CT molecular complexity index is 551. The number of hydrogen-bond acceptors (Lipinski definition) is 2. The van der Waals surface area contributed by atoms with Gasteiger partial charge < -0.3 is 0 Å². The van der Waals surface area contributed by atoms with Crippen molar-refractivity contribution in [1.82, 2.24) is 0 Å². The van der Waals surface area contributed by atoms with Crippen LogP contribution in [-0.2, 0) is 9.59 Å². The number of fused-ring (bicyclic) bond motifs is 1. The van der Waals surface area contributed by atoms with Crippen molar-refractivity contribution >= 4 is 33.4 Å². The lowest BCUT2D eigenvalue weighted by atomic mass is 10.00. The normalized spacial score (nSPS) is 30.1. The number of rotatable bonds is 1. The molecule has 100 valence electrons. The predicted octanol–water partition coefficient (Wildman–Crippen LogP) is 3.12. The van der Waals surface area contributed by atoms with E-state index < -0.39 is 5.82 Å². The summed E-state index contributed by atoms with van der Waals surface area (Å²) in [6.45, 7) is 2.07. The van der Waals surface area contributed by atoms with Crippen molar-refractivity contribution in [3.05, 3.63) is 28.5 Å². The van der Waals surface area contributed by atoms with Crippen LogP contribution in [0.5, 0.6) is 0 Å². The maximum Gasteiger partial charge on any atom is 0.237 e. The molecule has 1 saturated heterocycles. The molecule has 3 rings (SSSR count). The molecule has 0 spiro atoms. The molecule has 2 amide bonds. The van der Waals surface area contributed by atoms with Crippen LogP contribution in [0.4, 0.5) is 10.1 Å². The third kappa shape index (κ3) is 1.91. The minimum absolute atomic E-state index is 0.147. The number of nitrogens with zero attached hydrogens (tertiary/aromatic N) is 1. The summed E-state index contributed by atoms with van der Waals surface area (Å²) in [5.41, 5.74) is 0.443. The van der Waals surface area contributed by atoms with Gasteiger partial charge in [0.2, 0.25) is 11.8 Å². The fraction of sp³-hybridized carbons (Fsp3) is 0.429. The van der Waals surface area contributed by atoms with Crippen molar-refractivity contribution in [3.8, 4) is 0 Å². The summed E-state index contributed by atoms with van der Waals surface area (Å²) in [5.74, 6) is -0.664. The molecule has 1 aliphatic carbocycles. The highest BCUT2D eigenvalue weighted by molar-refractivity contribution is 9.10. The van der Waals surface area contributed by atoms with E-state index in [1.54, 1.807) is 0 Å². The van der Waals surface area contributed by atoms with Gasteiger partial charge >= 0.3 is 0 Å². The molecule has 1 aliphatic heterocycles. The molecule has 1 saturated carbocycles. The quantitative estimate of drug-likeness (QED) is 0.744. The van der Waals surface area contributed by atoms with Gasteiger partial charge in [-0.3, -0.25) is 9.59 Å². The first-order valence-electron chi connectivity index (χ1n) is 6.32. The van der Waals surface area contributed by atoms with Gasteiger partial charge in [-0.05, 0) is 52.9 Å². The lowest BCUT2D eigenvalue weighted by molar-refractivity contribution is -0.123. The van der Waals surface area contributed by atoms with E-state index in [1.165, 1.54) is 23.1 Å². The molecule has 0 radical (unpaired) electrons. The van der Waals surface area contributed by atoms with E-state index in [9.17, 15) is 14.0 Å². The van der Waals surface area contributed by atoms with E-state index in [-0.39, 0.29) is 23.7 Å². The lowest BCUT2D eigenvalue weighted by Gasteiger charge is -2.18. The van der Waals surface area contributed by atoms with Gasteiger partial charge in [0.1, 0.15) is 5.82 Å². The Morgan fingerprint density at radius 2 is 1.79 bits per heavy atom. The Kier molecular flexibility index (Phi) is 2.96.